The van der Waals surface area contributed by atoms with Crippen LogP contribution in [0.5, 0.6) is 0 Å². The molecule has 1 aliphatic heterocycles. The molecule has 1 N–H and O–H groups in total. The zero-order chi connectivity index (χ0) is 6.15. The monoisotopic (exact) mass is 114 g/mol. The van der Waals surface area contributed by atoms with Crippen LogP contribution in [0, 0.1) is 0 Å². The molecule has 0 aromatic rings. The van der Waals surface area contributed by atoms with Crippen molar-refractivity contribution < 1.29 is 0 Å². The molecule has 2 heteroatoms. The lowest BCUT2D eigenvalue weighted by Crippen LogP contribution is -2.61. The topological polar surface area (TPSA) is 15.3 Å². The van der Waals surface area contributed by atoms with Gasteiger partial charge < -0.3 is 10.2 Å². The van der Waals surface area contributed by atoms with Crippen LogP contribution in [0.4, 0.5) is 0 Å². The van der Waals surface area contributed by atoms with Crippen LogP contribution >= 0.6 is 0 Å². The second kappa shape index (κ2) is 2.03. The largest absolute Gasteiger partial charge is 0.311 e. The molecule has 0 aliphatic carbocycles. The summed E-state index contributed by atoms with van der Waals surface area (Å²) in [5.74, 6) is 0. The molecule has 0 bridgehead atoms. The molecule has 1 saturated heterocycles. The molecule has 0 radical (unpaired) electrons. The minimum atomic E-state index is 0.699. The van der Waals surface area contributed by atoms with Crippen LogP contribution in [0.2, 0.25) is 0 Å². The molecule has 0 spiro atoms. The highest BCUT2D eigenvalue weighted by Gasteiger charge is 2.26. The van der Waals surface area contributed by atoms with Crippen molar-refractivity contribution in [3.8, 4) is 0 Å². The van der Waals surface area contributed by atoms with Gasteiger partial charge in [-0.2, -0.15) is 0 Å². The molecule has 2 atom stereocenters. The number of nitrogens with one attached hydrogen (secondary N) is 1. The average molecular weight is 114 g/mol. The third-order valence-corrected chi connectivity index (χ3v) is 1.89. The van der Waals surface area contributed by atoms with Crippen LogP contribution in [-0.4, -0.2) is 37.6 Å². The molecule has 0 unspecified atom stereocenters. The van der Waals surface area contributed by atoms with Gasteiger partial charge in [0.2, 0.25) is 0 Å². The molecule has 1 aliphatic rings. The minimum Gasteiger partial charge on any atom is -0.311 e. The fourth-order valence-electron chi connectivity index (χ4n) is 1.09. The summed E-state index contributed by atoms with van der Waals surface area (Å²) in [7, 11) is 4.25. The van der Waals surface area contributed by atoms with Crippen molar-refractivity contribution in [1.29, 1.82) is 0 Å². The lowest BCUT2D eigenvalue weighted by molar-refractivity contribution is 0.159. The maximum absolute atomic E-state index is 3.30. The molecule has 1 fully saturated rings. The van der Waals surface area contributed by atoms with Gasteiger partial charge in [-0.1, -0.05) is 0 Å². The van der Waals surface area contributed by atoms with Gasteiger partial charge in [0.15, 0.2) is 0 Å². The Kier molecular flexibility index (Phi) is 1.54. The highest BCUT2D eigenvalue weighted by molar-refractivity contribution is 4.89. The van der Waals surface area contributed by atoms with E-state index < -0.39 is 0 Å². The first-order valence-corrected chi connectivity index (χ1v) is 3.11. The summed E-state index contributed by atoms with van der Waals surface area (Å²) < 4.78 is 0. The number of rotatable bonds is 1. The first-order chi connectivity index (χ1) is 3.72. The van der Waals surface area contributed by atoms with Crippen LogP contribution < -0.4 is 5.32 Å². The fraction of sp³-hybridized carbons (Fsp3) is 1.00. The van der Waals surface area contributed by atoms with Gasteiger partial charge >= 0.3 is 0 Å². The highest BCUT2D eigenvalue weighted by atomic mass is 15.2. The molecule has 1 heterocycles. The van der Waals surface area contributed by atoms with Gasteiger partial charge in [-0.3, -0.25) is 0 Å². The summed E-state index contributed by atoms with van der Waals surface area (Å²) in [6, 6.07) is 1.47. The molecule has 0 aromatic carbocycles. The van der Waals surface area contributed by atoms with Gasteiger partial charge in [-0.25, -0.2) is 0 Å². The Bertz CT molecular complexity index is 75.8. The summed E-state index contributed by atoms with van der Waals surface area (Å²) >= 11 is 0. The van der Waals surface area contributed by atoms with Crippen molar-refractivity contribution in [2.45, 2.75) is 19.0 Å². The maximum atomic E-state index is 3.30. The Hall–Kier alpha value is -0.0800. The predicted octanol–water partition coefficient (Wildman–Crippen LogP) is -0.0917. The van der Waals surface area contributed by atoms with Gasteiger partial charge in [0.1, 0.15) is 0 Å². The third kappa shape index (κ3) is 0.858. The molecule has 0 amide bonds. The molecule has 2 nitrogen and oxygen atoms in total. The normalized spacial score (nSPS) is 37.5. The van der Waals surface area contributed by atoms with E-state index in [1.54, 1.807) is 0 Å². The molecular weight excluding hydrogens is 100 g/mol. The fourth-order valence-corrected chi connectivity index (χ4v) is 1.09. The molecule has 0 aromatic heterocycles. The quantitative estimate of drug-likeness (QED) is 0.512. The zero-order valence-electron chi connectivity index (χ0n) is 5.81. The predicted molar refractivity (Wildman–Crippen MR) is 34.9 cm³/mol. The van der Waals surface area contributed by atoms with E-state index in [0.717, 1.165) is 12.6 Å². The van der Waals surface area contributed by atoms with Crippen molar-refractivity contribution in [3.05, 3.63) is 0 Å². The number of nitrogens with zero attached hydrogens (tertiary/aromatic N) is 1. The van der Waals surface area contributed by atoms with E-state index in [-0.39, 0.29) is 0 Å². The van der Waals surface area contributed by atoms with Crippen molar-refractivity contribution >= 4 is 0 Å². The van der Waals surface area contributed by atoms with Gasteiger partial charge in [0.25, 0.3) is 0 Å². The SMILES string of the molecule is C[C@@H]1NC[C@@H]1N(C)C. The van der Waals surface area contributed by atoms with Crippen LogP contribution in [0.25, 0.3) is 0 Å². The second-order valence-corrected chi connectivity index (χ2v) is 2.73. The van der Waals surface area contributed by atoms with Crippen molar-refractivity contribution in [2.75, 3.05) is 20.6 Å². The molecule has 1 rings (SSSR count). The average Bonchev–Trinajstić information content (AvgIpc) is 1.61. The first-order valence-electron chi connectivity index (χ1n) is 3.11. The van der Waals surface area contributed by atoms with Gasteiger partial charge in [-0.05, 0) is 21.0 Å². The Morgan fingerprint density at radius 1 is 1.50 bits per heavy atom. The zero-order valence-corrected chi connectivity index (χ0v) is 5.81. The lowest BCUT2D eigenvalue weighted by Gasteiger charge is -2.40. The van der Waals surface area contributed by atoms with Crippen LogP contribution in [-0.2, 0) is 0 Å². The Labute approximate surface area is 50.9 Å². The molecule has 0 saturated carbocycles. The highest BCUT2D eigenvalue weighted by Crippen LogP contribution is 2.07. The number of hydrogen-bond donors (Lipinski definition) is 1. The Balaban J connectivity index is 2.26. The molecular formula is C6H14N2. The van der Waals surface area contributed by atoms with Gasteiger partial charge in [-0.15, -0.1) is 0 Å². The summed E-state index contributed by atoms with van der Waals surface area (Å²) in [6.07, 6.45) is 0. The van der Waals surface area contributed by atoms with Crippen molar-refractivity contribution in [2.24, 2.45) is 0 Å². The van der Waals surface area contributed by atoms with E-state index in [9.17, 15) is 0 Å². The first kappa shape index (κ1) is 6.05. The summed E-state index contributed by atoms with van der Waals surface area (Å²) in [5.41, 5.74) is 0. The number of hydrogen-bond acceptors (Lipinski definition) is 2. The molecule has 48 valence electrons. The van der Waals surface area contributed by atoms with E-state index in [2.05, 4.69) is 31.2 Å². The van der Waals surface area contributed by atoms with E-state index in [4.69, 9.17) is 0 Å². The van der Waals surface area contributed by atoms with Crippen molar-refractivity contribution in [3.63, 3.8) is 0 Å². The molecule has 8 heavy (non-hydrogen) atoms. The smallest absolute Gasteiger partial charge is 0.0365 e. The van der Waals surface area contributed by atoms with Crippen LogP contribution in [0.15, 0.2) is 0 Å². The second-order valence-electron chi connectivity index (χ2n) is 2.73. The van der Waals surface area contributed by atoms with Gasteiger partial charge in [0, 0.05) is 18.6 Å². The van der Waals surface area contributed by atoms with E-state index >= 15 is 0 Å². The van der Waals surface area contributed by atoms with Crippen LogP contribution in [0.3, 0.4) is 0 Å². The maximum Gasteiger partial charge on any atom is 0.0365 e. The number of likely N-dealkylation sites (N-methyl/N-ethyl adjacent to an activating group) is 1. The van der Waals surface area contributed by atoms with Crippen molar-refractivity contribution in [1.82, 2.24) is 10.2 Å². The van der Waals surface area contributed by atoms with E-state index in [0.29, 0.717) is 6.04 Å². The summed E-state index contributed by atoms with van der Waals surface area (Å²) in [5, 5.41) is 3.30. The summed E-state index contributed by atoms with van der Waals surface area (Å²) in [4.78, 5) is 2.27. The standard InChI is InChI=1S/C6H14N2/c1-5-6(4-7-5)8(2)3/h5-7H,4H2,1-3H3/t5-,6-/m0/s1. The van der Waals surface area contributed by atoms with E-state index in [1.165, 1.54) is 0 Å². The van der Waals surface area contributed by atoms with E-state index in [1.807, 2.05) is 0 Å². The Morgan fingerprint density at radius 2 is 2.12 bits per heavy atom. The van der Waals surface area contributed by atoms with Gasteiger partial charge in [0.05, 0.1) is 0 Å². The minimum absolute atomic E-state index is 0.699. The summed E-state index contributed by atoms with van der Waals surface area (Å²) in [6.45, 7) is 3.38. The third-order valence-electron chi connectivity index (χ3n) is 1.89. The lowest BCUT2D eigenvalue weighted by atomic mass is 10.0. The van der Waals surface area contributed by atoms with Crippen LogP contribution in [0.1, 0.15) is 6.92 Å². The Morgan fingerprint density at radius 3 is 2.12 bits per heavy atom.